The molecule has 2 aliphatic rings. The van der Waals surface area contributed by atoms with Gasteiger partial charge in [-0.05, 0) is 52.1 Å². The summed E-state index contributed by atoms with van der Waals surface area (Å²) in [5.41, 5.74) is 4.89. The molecule has 17 heteroatoms. The van der Waals surface area contributed by atoms with Gasteiger partial charge < -0.3 is 40.2 Å². The Labute approximate surface area is 347 Å². The smallest absolute Gasteiger partial charge is 0.407 e. The number of alkyl carbamates (subject to hydrolysis) is 1. The Bertz CT molecular complexity index is 2430. The van der Waals surface area contributed by atoms with Gasteiger partial charge in [-0.25, -0.2) is 23.5 Å². The third kappa shape index (κ3) is 8.50. The molecule has 0 radical (unpaired) electrons. The first-order chi connectivity index (χ1) is 28.4. The fraction of sp³-hybridized carbons (Fsp3) is 0.442. The number of carbonyl (C=O) groups excluding carboxylic acids is 4. The van der Waals surface area contributed by atoms with Gasteiger partial charge in [0.15, 0.2) is 0 Å². The van der Waals surface area contributed by atoms with Gasteiger partial charge in [-0.1, -0.05) is 83.3 Å². The summed E-state index contributed by atoms with van der Waals surface area (Å²) in [6.45, 7) is 10.1. The maximum absolute atomic E-state index is 14.9. The molecule has 5 N–H and O–H groups in total. The summed E-state index contributed by atoms with van der Waals surface area (Å²) in [5.74, 6) is -4.34. The number of H-pyrrole nitrogens is 2. The highest BCUT2D eigenvalue weighted by Crippen LogP contribution is 2.42. The molecular weight excluding hydrogens is 791 g/mol. The molecule has 5 aromatic rings. The predicted molar refractivity (Wildman–Crippen MR) is 225 cm³/mol. The number of amides is 4. The molecule has 318 valence electrons. The number of ether oxygens (including phenoxy) is 1. The zero-order valence-corrected chi connectivity index (χ0v) is 35.8. The highest BCUT2D eigenvalue weighted by Gasteiger charge is 2.50. The lowest BCUT2D eigenvalue weighted by Crippen LogP contribution is -2.52. The highest BCUT2D eigenvalue weighted by atomic mass is 28.3. The van der Waals surface area contributed by atoms with Gasteiger partial charge in [-0.3, -0.25) is 14.4 Å². The topological polar surface area (TPSA) is 186 Å². The maximum Gasteiger partial charge on any atom is 0.407 e. The van der Waals surface area contributed by atoms with E-state index in [-0.39, 0.29) is 23.7 Å². The van der Waals surface area contributed by atoms with Crippen molar-refractivity contribution in [2.24, 2.45) is 11.8 Å². The number of rotatable bonds is 11. The summed E-state index contributed by atoms with van der Waals surface area (Å²) in [4.78, 5) is 70.7. The number of carbonyl (C=O) groups is 4. The molecule has 3 aromatic carbocycles. The van der Waals surface area contributed by atoms with Crippen molar-refractivity contribution in [3.63, 3.8) is 0 Å². The molecule has 2 aromatic heterocycles. The molecule has 0 aliphatic carbocycles. The lowest BCUT2D eigenvalue weighted by atomic mass is 9.99. The zero-order chi connectivity index (χ0) is 43.3. The van der Waals surface area contributed by atoms with Crippen molar-refractivity contribution in [1.29, 1.82) is 0 Å². The Morgan fingerprint density at radius 3 is 2.20 bits per heavy atom. The second kappa shape index (κ2) is 16.4. The monoisotopic (exact) mass is 842 g/mol. The van der Waals surface area contributed by atoms with Crippen molar-refractivity contribution < 1.29 is 37.8 Å². The van der Waals surface area contributed by atoms with Gasteiger partial charge in [0.1, 0.15) is 30.3 Å². The standard InChI is InChI=1S/C43H52F2N8O6Si/c1-23(2)35(49-34(55)19-54)40(56)52-21-43(44,45)17-32(52)39-47-30-15-13-28-16-27(12-14-29(28)37(30)50-39)25-8-10-26(11-9-25)31-18-46-38(48-31)33-20-60(6,7)22-53(33)41(57)36(24(3)4)51-42(58)59-5/h8-16,18,23-24,32-33,35-36,54H,17,19-22H2,1-7H3,(H,46,48)(H,47,50)(H,49,55)(H,51,58)/t32-,33?,35?,36-/m0/s1. The Hall–Kier alpha value is -5.68. The fourth-order valence-corrected chi connectivity index (χ4v) is 11.4. The van der Waals surface area contributed by atoms with Crippen LogP contribution in [0.25, 0.3) is 44.2 Å². The van der Waals surface area contributed by atoms with Crippen LogP contribution in [0.15, 0.2) is 60.8 Å². The van der Waals surface area contributed by atoms with Gasteiger partial charge in [0.05, 0.1) is 56.7 Å². The van der Waals surface area contributed by atoms with E-state index < -0.39 is 75.5 Å². The number of fused-ring (bicyclic) bond motifs is 3. The fourth-order valence-electron chi connectivity index (χ4n) is 8.48. The summed E-state index contributed by atoms with van der Waals surface area (Å²) in [5, 5.41) is 16.1. The van der Waals surface area contributed by atoms with E-state index in [1.807, 2.05) is 73.3 Å². The average Bonchev–Trinajstić information content (AvgIpc) is 4.01. The molecule has 2 saturated heterocycles. The number of nitrogens with one attached hydrogen (secondary N) is 4. The van der Waals surface area contributed by atoms with Crippen LogP contribution in [0, 0.1) is 11.8 Å². The molecule has 60 heavy (non-hydrogen) atoms. The van der Waals surface area contributed by atoms with Crippen LogP contribution in [0.1, 0.15) is 57.8 Å². The van der Waals surface area contributed by atoms with Crippen LogP contribution in [0.5, 0.6) is 0 Å². The van der Waals surface area contributed by atoms with Crippen molar-refractivity contribution in [3.05, 3.63) is 72.4 Å². The first-order valence-corrected chi connectivity index (χ1v) is 23.6. The van der Waals surface area contributed by atoms with Crippen LogP contribution in [-0.2, 0) is 19.1 Å². The van der Waals surface area contributed by atoms with E-state index in [1.165, 1.54) is 7.11 Å². The molecule has 0 bridgehead atoms. The van der Waals surface area contributed by atoms with Gasteiger partial charge in [0.2, 0.25) is 17.7 Å². The number of aliphatic hydroxyl groups is 1. The number of aromatic amines is 2. The molecule has 0 saturated carbocycles. The summed E-state index contributed by atoms with van der Waals surface area (Å²) in [6, 6.07) is 15.5. The molecule has 4 atom stereocenters. The van der Waals surface area contributed by atoms with E-state index >= 15 is 0 Å². The molecule has 4 amide bonds. The van der Waals surface area contributed by atoms with E-state index in [0.717, 1.165) is 44.1 Å². The first-order valence-electron chi connectivity index (χ1n) is 20.2. The van der Waals surface area contributed by atoms with Crippen molar-refractivity contribution in [2.45, 2.75) is 83.3 Å². The second-order valence-corrected chi connectivity index (χ2v) is 22.5. The number of likely N-dealkylation sites (tertiary alicyclic amines) is 1. The van der Waals surface area contributed by atoms with Crippen molar-refractivity contribution in [3.8, 4) is 22.4 Å². The van der Waals surface area contributed by atoms with Crippen molar-refractivity contribution in [2.75, 3.05) is 26.4 Å². The number of imidazole rings is 2. The molecule has 0 spiro atoms. The second-order valence-electron chi connectivity index (χ2n) is 17.5. The van der Waals surface area contributed by atoms with Crippen LogP contribution in [0.3, 0.4) is 0 Å². The zero-order valence-electron chi connectivity index (χ0n) is 34.8. The molecule has 2 aliphatic heterocycles. The SMILES string of the molecule is COC(=O)N[C@H](C(=O)N1C[Si](C)(C)CC1c1ncc(-c2ccc(-c3ccc4c(ccc5[nH]c([C@@H]6CC(F)(F)CN6C(=O)C(NC(=O)CO)C(C)C)nc54)c3)cc2)[nH]1)C(C)C. The molecule has 2 fully saturated rings. The Kier molecular flexibility index (Phi) is 11.6. The number of methoxy groups -OCH3 is 1. The largest absolute Gasteiger partial charge is 0.453 e. The predicted octanol–water partition coefficient (Wildman–Crippen LogP) is 6.33. The van der Waals surface area contributed by atoms with E-state index in [9.17, 15) is 33.1 Å². The number of halogens is 2. The average molecular weight is 843 g/mol. The molecule has 14 nitrogen and oxygen atoms in total. The molecule has 2 unspecified atom stereocenters. The maximum atomic E-state index is 14.9. The third-order valence-corrected chi connectivity index (χ3v) is 14.3. The van der Waals surface area contributed by atoms with Gasteiger partial charge in [-0.15, -0.1) is 0 Å². The normalized spacial score (nSPS) is 19.6. The highest BCUT2D eigenvalue weighted by molar-refractivity contribution is 6.78. The number of hydrogen-bond acceptors (Lipinski definition) is 8. The van der Waals surface area contributed by atoms with Crippen LogP contribution in [0.2, 0.25) is 19.1 Å². The first kappa shape index (κ1) is 42.4. The van der Waals surface area contributed by atoms with Crippen LogP contribution < -0.4 is 10.6 Å². The van der Waals surface area contributed by atoms with Gasteiger partial charge >= 0.3 is 6.09 Å². The van der Waals surface area contributed by atoms with E-state index in [4.69, 9.17) is 14.7 Å². The van der Waals surface area contributed by atoms with Gasteiger partial charge in [-0.2, -0.15) is 0 Å². The Morgan fingerprint density at radius 1 is 0.883 bits per heavy atom. The summed E-state index contributed by atoms with van der Waals surface area (Å²) in [7, 11) is -0.505. The molecule has 7 rings (SSSR count). The number of hydrogen-bond donors (Lipinski definition) is 5. The van der Waals surface area contributed by atoms with Gasteiger partial charge in [0, 0.05) is 18.0 Å². The number of alkyl halides is 2. The lowest BCUT2D eigenvalue weighted by Gasteiger charge is -2.30. The van der Waals surface area contributed by atoms with Crippen LogP contribution in [0.4, 0.5) is 13.6 Å². The van der Waals surface area contributed by atoms with E-state index in [1.54, 1.807) is 20.0 Å². The minimum Gasteiger partial charge on any atom is -0.453 e. The van der Waals surface area contributed by atoms with Crippen molar-refractivity contribution in [1.82, 2.24) is 40.4 Å². The molecular formula is C43H52F2N8O6Si. The van der Waals surface area contributed by atoms with Crippen LogP contribution in [-0.4, -0.2) is 111 Å². The van der Waals surface area contributed by atoms with E-state index in [0.29, 0.717) is 23.0 Å². The Balaban J connectivity index is 1.11. The van der Waals surface area contributed by atoms with Crippen molar-refractivity contribution >= 4 is 53.7 Å². The lowest BCUT2D eigenvalue weighted by molar-refractivity contribution is -0.140. The summed E-state index contributed by atoms with van der Waals surface area (Å²) in [6.07, 6.45) is 1.17. The summed E-state index contributed by atoms with van der Waals surface area (Å²) >= 11 is 0. The Morgan fingerprint density at radius 2 is 1.53 bits per heavy atom. The van der Waals surface area contributed by atoms with Gasteiger partial charge in [0.25, 0.3) is 5.92 Å². The number of benzene rings is 3. The van der Waals surface area contributed by atoms with Crippen LogP contribution >= 0.6 is 0 Å². The number of nitrogens with zero attached hydrogens (tertiary/aromatic N) is 4. The molecule has 4 heterocycles. The minimum atomic E-state index is -3.16. The number of aromatic nitrogens is 4. The van der Waals surface area contributed by atoms with E-state index in [2.05, 4.69) is 33.7 Å². The minimum absolute atomic E-state index is 0.139. The third-order valence-electron chi connectivity index (χ3n) is 11.6. The number of aliphatic hydroxyl groups excluding tert-OH is 1. The summed E-state index contributed by atoms with van der Waals surface area (Å²) < 4.78 is 34.7. The quantitative estimate of drug-likeness (QED) is 0.0956.